The van der Waals surface area contributed by atoms with Gasteiger partial charge < -0.3 is 9.80 Å². The maximum atomic E-state index is 18.3. The van der Waals surface area contributed by atoms with Crippen molar-refractivity contribution in [2.75, 3.05) is 9.80 Å². The number of para-hydroxylation sites is 2. The first-order valence-corrected chi connectivity index (χ1v) is 24.4. The van der Waals surface area contributed by atoms with E-state index in [2.05, 4.69) is 48.5 Å². The molecule has 6 nitrogen and oxygen atoms in total. The summed E-state index contributed by atoms with van der Waals surface area (Å²) in [5.41, 5.74) is 9.01. The van der Waals surface area contributed by atoms with E-state index < -0.39 is 11.6 Å². The van der Waals surface area contributed by atoms with Crippen LogP contribution in [0.25, 0.3) is 76.8 Å². The van der Waals surface area contributed by atoms with Crippen molar-refractivity contribution in [1.82, 2.24) is 0 Å². The molecule has 0 atom stereocenters. The van der Waals surface area contributed by atoms with E-state index in [1.165, 1.54) is 0 Å². The molecule has 0 heterocycles. The zero-order chi connectivity index (χ0) is 51.9. The third kappa shape index (κ3) is 7.94. The van der Waals surface area contributed by atoms with Gasteiger partial charge in [-0.05, 0) is 152 Å². The van der Waals surface area contributed by atoms with Gasteiger partial charge in [-0.15, -0.1) is 0 Å². The van der Waals surface area contributed by atoms with Crippen LogP contribution in [0.2, 0.25) is 0 Å². The van der Waals surface area contributed by atoms with Crippen molar-refractivity contribution in [3.63, 3.8) is 0 Å². The van der Waals surface area contributed by atoms with Crippen molar-refractivity contribution in [2.24, 2.45) is 0 Å². The number of hydrogen-bond donors (Lipinski definition) is 0. The van der Waals surface area contributed by atoms with Crippen molar-refractivity contribution >= 4 is 66.4 Å². The molecule has 0 aliphatic rings. The molecule has 12 rings (SSSR count). The molecule has 12 aromatic rings. The fourth-order valence-electron chi connectivity index (χ4n) is 10.7. The molecule has 0 radical (unpaired) electrons. The molecule has 0 spiro atoms. The van der Waals surface area contributed by atoms with E-state index in [9.17, 15) is 21.0 Å². The maximum Gasteiger partial charge on any atom is 0.155 e. The Balaban J connectivity index is 1.09. The lowest BCUT2D eigenvalue weighted by Gasteiger charge is -2.30. The summed E-state index contributed by atoms with van der Waals surface area (Å²) in [6.45, 7) is 0. The topological polar surface area (TPSA) is 102 Å². The average Bonchev–Trinajstić information content (AvgIpc) is 3.62. The van der Waals surface area contributed by atoms with Crippen molar-refractivity contribution < 1.29 is 8.78 Å². The van der Waals surface area contributed by atoms with Crippen molar-refractivity contribution in [3.05, 3.63) is 264 Å². The summed E-state index contributed by atoms with van der Waals surface area (Å²) in [5.74, 6) is -1.04. The lowest BCUT2D eigenvalue weighted by Crippen LogP contribution is -2.14. The molecule has 12 aromatic carbocycles. The summed E-state index contributed by atoms with van der Waals surface area (Å²) in [6, 6.07) is 79.8. The smallest absolute Gasteiger partial charge is 0.155 e. The Morgan fingerprint density at radius 2 is 0.632 bits per heavy atom. The number of nitrogens with zero attached hydrogens (tertiary/aromatic N) is 6. The number of rotatable bonds is 10. The zero-order valence-corrected chi connectivity index (χ0v) is 40.4. The average molecular weight is 977 g/mol. The molecule has 354 valence electrons. The molecule has 0 saturated carbocycles. The van der Waals surface area contributed by atoms with Gasteiger partial charge in [0, 0.05) is 33.3 Å². The number of anilines is 6. The maximum absolute atomic E-state index is 18.3. The second-order valence-electron chi connectivity index (χ2n) is 18.3. The van der Waals surface area contributed by atoms with Gasteiger partial charge in [-0.25, -0.2) is 8.78 Å². The van der Waals surface area contributed by atoms with E-state index >= 15 is 8.78 Å². The van der Waals surface area contributed by atoms with Crippen LogP contribution in [0.5, 0.6) is 0 Å². The van der Waals surface area contributed by atoms with Gasteiger partial charge in [0.05, 0.1) is 69.3 Å². The van der Waals surface area contributed by atoms with E-state index in [4.69, 9.17) is 0 Å². The first-order valence-electron chi connectivity index (χ1n) is 24.4. The Morgan fingerprint density at radius 3 is 1.00 bits per heavy atom. The highest BCUT2D eigenvalue weighted by Gasteiger charge is 2.28. The van der Waals surface area contributed by atoms with Crippen molar-refractivity contribution in [2.45, 2.75) is 0 Å². The lowest BCUT2D eigenvalue weighted by molar-refractivity contribution is 0.632. The minimum Gasteiger partial charge on any atom is -0.307 e. The third-order valence-electron chi connectivity index (χ3n) is 14.0. The van der Waals surface area contributed by atoms with Crippen LogP contribution in [0.3, 0.4) is 0 Å². The van der Waals surface area contributed by atoms with Gasteiger partial charge in [-0.2, -0.15) is 21.0 Å². The molecule has 0 bridgehead atoms. The van der Waals surface area contributed by atoms with Crippen LogP contribution in [-0.4, -0.2) is 0 Å². The number of halogens is 2. The van der Waals surface area contributed by atoms with Gasteiger partial charge in [-0.1, -0.05) is 133 Å². The Bertz CT molecular complexity index is 4160. The predicted octanol–water partition coefficient (Wildman–Crippen LogP) is 18.0. The summed E-state index contributed by atoms with van der Waals surface area (Å²) >= 11 is 0. The van der Waals surface area contributed by atoms with Crippen LogP contribution >= 0.6 is 0 Å². The molecule has 0 aliphatic carbocycles. The second-order valence-corrected chi connectivity index (χ2v) is 18.3. The molecule has 0 fully saturated rings. The first kappa shape index (κ1) is 46.2. The monoisotopic (exact) mass is 976 g/mol. The normalized spacial score (nSPS) is 11.0. The summed E-state index contributed by atoms with van der Waals surface area (Å²) in [7, 11) is 0. The summed E-state index contributed by atoms with van der Waals surface area (Å²) in [6.07, 6.45) is 0. The molecular weight excluding hydrogens is 939 g/mol. The van der Waals surface area contributed by atoms with Crippen LogP contribution < -0.4 is 9.80 Å². The summed E-state index contributed by atoms with van der Waals surface area (Å²) in [4.78, 5) is 3.86. The molecule has 0 amide bonds. The van der Waals surface area contributed by atoms with Gasteiger partial charge in [0.1, 0.15) is 0 Å². The highest BCUT2D eigenvalue weighted by atomic mass is 19.1. The van der Waals surface area contributed by atoms with Crippen molar-refractivity contribution in [1.29, 1.82) is 21.0 Å². The molecule has 0 aliphatic heterocycles. The minimum atomic E-state index is -0.519. The Morgan fingerprint density at radius 1 is 0.303 bits per heavy atom. The third-order valence-corrected chi connectivity index (χ3v) is 14.0. The molecule has 0 N–H and O–H groups in total. The quantitative estimate of drug-likeness (QED) is 0.127. The van der Waals surface area contributed by atoms with Crippen LogP contribution in [-0.2, 0) is 0 Å². The van der Waals surface area contributed by atoms with Gasteiger partial charge in [-0.3, -0.25) is 0 Å². The zero-order valence-electron chi connectivity index (χ0n) is 40.4. The first-order chi connectivity index (χ1) is 37.3. The van der Waals surface area contributed by atoms with Gasteiger partial charge in [0.2, 0.25) is 0 Å². The van der Waals surface area contributed by atoms with Gasteiger partial charge in [0.25, 0.3) is 0 Å². The van der Waals surface area contributed by atoms with Gasteiger partial charge in [0.15, 0.2) is 11.6 Å². The molecule has 76 heavy (non-hydrogen) atoms. The van der Waals surface area contributed by atoms with Crippen LogP contribution in [0.15, 0.2) is 231 Å². The van der Waals surface area contributed by atoms with E-state index in [0.717, 1.165) is 32.3 Å². The molecule has 0 saturated heterocycles. The largest absolute Gasteiger partial charge is 0.307 e. The highest BCUT2D eigenvalue weighted by molar-refractivity contribution is 6.28. The molecule has 0 unspecified atom stereocenters. The summed E-state index contributed by atoms with van der Waals surface area (Å²) in [5, 5.41) is 45.1. The van der Waals surface area contributed by atoms with E-state index in [1.54, 1.807) is 97.1 Å². The molecule has 8 heteroatoms. The standard InChI is InChI=1S/C68H38F2N6/c69-67-61(33-29-55(49-15-7-11-43(35-49)39-71)65(67)51-17-9-13-45(37-51)41-73)75(53-19-3-1-4-20-53)59-31-25-47-24-28-58-60(32-26-48-23-27-57(59)63(47)64(48)58)76(54-21-5-2-6-22-54)62-34-30-56(50-16-8-12-44(36-50)40-72)66(68(62)70)52-18-10-14-46(38-52)42-74/h1-38H. The fraction of sp³-hybridized carbons (Fsp3) is 0. The minimum absolute atomic E-state index is 0.268. The second kappa shape index (κ2) is 19.3. The van der Waals surface area contributed by atoms with Crippen molar-refractivity contribution in [3.8, 4) is 68.8 Å². The van der Waals surface area contributed by atoms with E-state index in [1.807, 2.05) is 119 Å². The van der Waals surface area contributed by atoms with Gasteiger partial charge >= 0.3 is 0 Å². The number of hydrogen-bond acceptors (Lipinski definition) is 6. The summed E-state index contributed by atoms with van der Waals surface area (Å²) < 4.78 is 36.6. The SMILES string of the molecule is N#Cc1cccc(-c2ccc(N(c3ccccc3)c3ccc4ccc5c(N(c6ccccc6)c6ccc(-c7cccc(C#N)c7)c(-c7cccc(C#N)c7)c6F)ccc6ccc3c4c65)c(F)c2-c2cccc(C#N)c2)c1. The molecular formula is C68H38F2N6. The van der Waals surface area contributed by atoms with Crippen LogP contribution in [0, 0.1) is 57.0 Å². The fourth-order valence-corrected chi connectivity index (χ4v) is 10.7. The number of benzene rings is 12. The van der Waals surface area contributed by atoms with E-state index in [0.29, 0.717) is 78.4 Å². The van der Waals surface area contributed by atoms with Crippen LogP contribution in [0.4, 0.5) is 42.9 Å². The Kier molecular flexibility index (Phi) is 11.7. The highest BCUT2D eigenvalue weighted by Crippen LogP contribution is 2.51. The van der Waals surface area contributed by atoms with E-state index in [-0.39, 0.29) is 22.5 Å². The Labute approximate surface area is 437 Å². The predicted molar refractivity (Wildman–Crippen MR) is 300 cm³/mol. The van der Waals surface area contributed by atoms with Crippen LogP contribution in [0.1, 0.15) is 22.3 Å². The Hall–Kier alpha value is -10.9. The number of nitriles is 4. The molecule has 0 aromatic heterocycles. The lowest BCUT2D eigenvalue weighted by atomic mass is 9.90.